The maximum atomic E-state index is 12.5. The highest BCUT2D eigenvalue weighted by molar-refractivity contribution is 5.79. The largest absolute Gasteiger partial charge is 0.434 e. The Morgan fingerprint density at radius 2 is 2.08 bits per heavy atom. The summed E-state index contributed by atoms with van der Waals surface area (Å²) in [5.74, 6) is 1.52. The number of likely N-dealkylation sites (tertiary alicyclic amines) is 1. The van der Waals surface area contributed by atoms with E-state index in [-0.39, 0.29) is 12.3 Å². The molecule has 5 nitrogen and oxygen atoms in total. The fourth-order valence-corrected chi connectivity index (χ4v) is 3.39. The zero-order valence-corrected chi connectivity index (χ0v) is 15.3. The van der Waals surface area contributed by atoms with Crippen molar-refractivity contribution in [3.05, 3.63) is 29.8 Å². The predicted octanol–water partition coefficient (Wildman–Crippen LogP) is 2.83. The molecule has 1 unspecified atom stereocenters. The number of hydrogen-bond donors (Lipinski definition) is 2. The normalized spacial score (nSPS) is 21.2. The highest BCUT2D eigenvalue weighted by Gasteiger charge is 2.34. The van der Waals surface area contributed by atoms with Gasteiger partial charge in [-0.1, -0.05) is 18.2 Å². The summed E-state index contributed by atoms with van der Waals surface area (Å²) in [5, 5.41) is 6.62. The second kappa shape index (κ2) is 9.16. The van der Waals surface area contributed by atoms with E-state index in [0.717, 1.165) is 25.7 Å². The molecular formula is C19H28F2N4O. The molecule has 1 atom stereocenters. The summed E-state index contributed by atoms with van der Waals surface area (Å²) in [4.78, 5) is 7.13. The second-order valence-corrected chi connectivity index (χ2v) is 6.94. The molecule has 1 aromatic rings. The third kappa shape index (κ3) is 5.56. The minimum atomic E-state index is -2.83. The molecular weight excluding hydrogens is 338 g/mol. The summed E-state index contributed by atoms with van der Waals surface area (Å²) in [6, 6.07) is 7.61. The van der Waals surface area contributed by atoms with E-state index in [2.05, 4.69) is 25.3 Å². The molecule has 1 aromatic carbocycles. The fourth-order valence-electron chi connectivity index (χ4n) is 3.39. The van der Waals surface area contributed by atoms with Crippen LogP contribution in [0.1, 0.15) is 31.7 Å². The third-order valence-electron chi connectivity index (χ3n) is 4.88. The van der Waals surface area contributed by atoms with E-state index in [1.807, 2.05) is 6.92 Å². The van der Waals surface area contributed by atoms with E-state index < -0.39 is 6.61 Å². The Balaban J connectivity index is 1.53. The van der Waals surface area contributed by atoms with Gasteiger partial charge in [0.2, 0.25) is 0 Å². The number of nitrogens with one attached hydrogen (secondary N) is 2. The van der Waals surface area contributed by atoms with Gasteiger partial charge in [-0.15, -0.1) is 0 Å². The van der Waals surface area contributed by atoms with E-state index in [1.165, 1.54) is 25.8 Å². The number of aliphatic imine (C=N–C) groups is 1. The Labute approximate surface area is 153 Å². The van der Waals surface area contributed by atoms with Gasteiger partial charge in [0.15, 0.2) is 5.96 Å². The van der Waals surface area contributed by atoms with Crippen LogP contribution in [0.5, 0.6) is 5.75 Å². The molecule has 144 valence electrons. The molecule has 7 heteroatoms. The van der Waals surface area contributed by atoms with Gasteiger partial charge in [0, 0.05) is 31.2 Å². The van der Waals surface area contributed by atoms with Crippen LogP contribution >= 0.6 is 0 Å². The monoisotopic (exact) mass is 366 g/mol. The van der Waals surface area contributed by atoms with Crippen LogP contribution in [-0.4, -0.2) is 49.7 Å². The summed E-state index contributed by atoms with van der Waals surface area (Å²) < 4.78 is 29.6. The van der Waals surface area contributed by atoms with Crippen molar-refractivity contribution in [2.24, 2.45) is 10.9 Å². The van der Waals surface area contributed by atoms with E-state index in [4.69, 9.17) is 0 Å². The van der Waals surface area contributed by atoms with E-state index in [9.17, 15) is 8.78 Å². The van der Waals surface area contributed by atoms with E-state index >= 15 is 0 Å². The second-order valence-electron chi connectivity index (χ2n) is 6.94. The van der Waals surface area contributed by atoms with Crippen LogP contribution in [0.15, 0.2) is 29.3 Å². The van der Waals surface area contributed by atoms with Gasteiger partial charge < -0.3 is 20.3 Å². The van der Waals surface area contributed by atoms with Gasteiger partial charge in [-0.2, -0.15) is 8.78 Å². The number of halogens is 2. The lowest BCUT2D eigenvalue weighted by molar-refractivity contribution is -0.0504. The van der Waals surface area contributed by atoms with Crippen LogP contribution in [0.4, 0.5) is 8.78 Å². The first-order valence-corrected chi connectivity index (χ1v) is 9.44. The number of alkyl halides is 2. The van der Waals surface area contributed by atoms with Crippen molar-refractivity contribution in [1.82, 2.24) is 15.5 Å². The van der Waals surface area contributed by atoms with Crippen LogP contribution in [0.25, 0.3) is 0 Å². The van der Waals surface area contributed by atoms with Crippen LogP contribution < -0.4 is 15.4 Å². The zero-order valence-electron chi connectivity index (χ0n) is 15.3. The number of nitrogens with zero attached hydrogens (tertiary/aromatic N) is 2. The Hall–Kier alpha value is -1.89. The first-order chi connectivity index (χ1) is 12.7. The van der Waals surface area contributed by atoms with Crippen LogP contribution in [0.3, 0.4) is 0 Å². The Bertz CT molecular complexity index is 607. The summed E-state index contributed by atoms with van der Waals surface area (Å²) in [5.41, 5.74) is 0.644. The number of hydrogen-bond acceptors (Lipinski definition) is 3. The lowest BCUT2D eigenvalue weighted by atomic mass is 10.1. The summed E-state index contributed by atoms with van der Waals surface area (Å²) in [6.07, 6.45) is 3.92. The number of rotatable bonds is 8. The van der Waals surface area contributed by atoms with Gasteiger partial charge >= 0.3 is 6.61 Å². The minimum Gasteiger partial charge on any atom is -0.434 e. The molecule has 3 rings (SSSR count). The van der Waals surface area contributed by atoms with Crippen LogP contribution in [0.2, 0.25) is 0 Å². The van der Waals surface area contributed by atoms with Crippen molar-refractivity contribution < 1.29 is 13.5 Å². The van der Waals surface area contributed by atoms with Crippen molar-refractivity contribution >= 4 is 5.96 Å². The smallest absolute Gasteiger partial charge is 0.387 e. The van der Waals surface area contributed by atoms with Crippen molar-refractivity contribution in [2.75, 3.05) is 26.2 Å². The topological polar surface area (TPSA) is 48.9 Å². The maximum absolute atomic E-state index is 12.5. The van der Waals surface area contributed by atoms with Crippen LogP contribution in [0, 0.1) is 5.92 Å². The highest BCUT2D eigenvalue weighted by Crippen LogP contribution is 2.31. The van der Waals surface area contributed by atoms with Gasteiger partial charge in [0.25, 0.3) is 0 Å². The van der Waals surface area contributed by atoms with Crippen LogP contribution in [-0.2, 0) is 6.54 Å². The minimum absolute atomic E-state index is 0.179. The lowest BCUT2D eigenvalue weighted by Gasteiger charge is -2.17. The van der Waals surface area contributed by atoms with E-state index in [1.54, 1.807) is 24.3 Å². The molecule has 1 heterocycles. The van der Waals surface area contributed by atoms with Gasteiger partial charge in [-0.05, 0) is 44.7 Å². The summed E-state index contributed by atoms with van der Waals surface area (Å²) >= 11 is 0. The first kappa shape index (κ1) is 18.9. The molecule has 0 bridgehead atoms. The van der Waals surface area contributed by atoms with Crippen molar-refractivity contribution in [3.63, 3.8) is 0 Å². The molecule has 2 fully saturated rings. The van der Waals surface area contributed by atoms with Gasteiger partial charge in [-0.25, -0.2) is 4.99 Å². The molecule has 1 saturated heterocycles. The molecule has 1 saturated carbocycles. The average molecular weight is 366 g/mol. The molecule has 0 aromatic heterocycles. The highest BCUT2D eigenvalue weighted by atomic mass is 19.3. The third-order valence-corrected chi connectivity index (χ3v) is 4.88. The van der Waals surface area contributed by atoms with Gasteiger partial charge in [-0.3, -0.25) is 0 Å². The Morgan fingerprint density at radius 3 is 2.81 bits per heavy atom. The molecule has 1 aliphatic heterocycles. The first-order valence-electron chi connectivity index (χ1n) is 9.44. The molecule has 1 aliphatic carbocycles. The fraction of sp³-hybridized carbons (Fsp3) is 0.632. The quantitative estimate of drug-likeness (QED) is 0.549. The van der Waals surface area contributed by atoms with E-state index in [0.29, 0.717) is 17.4 Å². The zero-order chi connectivity index (χ0) is 18.4. The number of ether oxygens (including phenoxy) is 1. The molecule has 0 spiro atoms. The SMILES string of the molecule is CCNC(=NCc1ccccc1OC(F)F)NCC1CCN(C2CC2)C1. The predicted molar refractivity (Wildman–Crippen MR) is 98.6 cm³/mol. The van der Waals surface area contributed by atoms with Gasteiger partial charge in [0.1, 0.15) is 5.75 Å². The van der Waals surface area contributed by atoms with Crippen molar-refractivity contribution in [2.45, 2.75) is 45.4 Å². The molecule has 2 N–H and O–H groups in total. The van der Waals surface area contributed by atoms with Gasteiger partial charge in [0.05, 0.1) is 6.54 Å². The average Bonchev–Trinajstić information content (AvgIpc) is 3.36. The lowest BCUT2D eigenvalue weighted by Crippen LogP contribution is -2.40. The summed E-state index contributed by atoms with van der Waals surface area (Å²) in [7, 11) is 0. The Morgan fingerprint density at radius 1 is 1.27 bits per heavy atom. The molecule has 0 radical (unpaired) electrons. The maximum Gasteiger partial charge on any atom is 0.387 e. The number of guanidine groups is 1. The number of para-hydroxylation sites is 1. The van der Waals surface area contributed by atoms with Crippen molar-refractivity contribution in [1.29, 1.82) is 0 Å². The summed E-state index contributed by atoms with van der Waals surface area (Å²) in [6.45, 7) is 3.45. The molecule has 0 amide bonds. The standard InChI is InChI=1S/C19H28F2N4O/c1-2-22-19(23-11-14-9-10-25(13-14)16-7-8-16)24-12-15-5-3-4-6-17(15)26-18(20)21/h3-6,14,16,18H,2,7-13H2,1H3,(H2,22,23,24). The molecule has 2 aliphatic rings. The Kier molecular flexibility index (Phi) is 6.66. The van der Waals surface area contributed by atoms with Crippen molar-refractivity contribution in [3.8, 4) is 5.75 Å². The molecule has 26 heavy (non-hydrogen) atoms. The number of benzene rings is 1.